The summed E-state index contributed by atoms with van der Waals surface area (Å²) in [6.45, 7) is 0.428. The van der Waals surface area contributed by atoms with Gasteiger partial charge in [0.15, 0.2) is 5.65 Å². The monoisotopic (exact) mass is 234 g/mol. The number of pyridine rings is 1. The molecule has 0 amide bonds. The van der Waals surface area contributed by atoms with Gasteiger partial charge in [0, 0.05) is 12.5 Å². The highest BCUT2D eigenvalue weighted by Gasteiger charge is 2.39. The Labute approximate surface area is 95.2 Å². The Hall–Kier alpha value is -1.73. The van der Waals surface area contributed by atoms with Crippen LogP contribution in [0.25, 0.3) is 11.2 Å². The molecule has 1 saturated heterocycles. The predicted molar refractivity (Wildman–Crippen MR) is 56.3 cm³/mol. The summed E-state index contributed by atoms with van der Waals surface area (Å²) in [5.41, 5.74) is 1.20. The molecular weight excluding hydrogens is 224 g/mol. The van der Waals surface area contributed by atoms with Crippen LogP contribution in [0.5, 0.6) is 0 Å². The fraction of sp³-hybridized carbons (Fsp3) is 0.500. The van der Waals surface area contributed by atoms with Crippen molar-refractivity contribution < 1.29 is 9.84 Å². The highest BCUT2D eigenvalue weighted by atomic mass is 16.5. The van der Waals surface area contributed by atoms with E-state index in [1.54, 1.807) is 10.7 Å². The molecule has 2 aliphatic heterocycles. The molecule has 0 radical (unpaired) electrons. The Morgan fingerprint density at radius 1 is 1.47 bits per heavy atom. The Balaban J connectivity index is 2.10. The Morgan fingerprint density at radius 2 is 2.35 bits per heavy atom. The fourth-order valence-electron chi connectivity index (χ4n) is 2.62. The molecule has 88 valence electrons. The van der Waals surface area contributed by atoms with Gasteiger partial charge in [-0.2, -0.15) is 0 Å². The molecule has 4 heterocycles. The van der Waals surface area contributed by atoms with Gasteiger partial charge in [-0.15, -0.1) is 5.10 Å². The maximum atomic E-state index is 11.9. The number of rotatable bonds is 0. The third-order valence-corrected chi connectivity index (χ3v) is 3.43. The van der Waals surface area contributed by atoms with E-state index in [2.05, 4.69) is 10.3 Å². The number of aliphatic hydroxyl groups excluding tert-OH is 1. The van der Waals surface area contributed by atoms with Gasteiger partial charge in [0.1, 0.15) is 17.8 Å². The number of aromatic nitrogens is 4. The summed E-state index contributed by atoms with van der Waals surface area (Å²) in [7, 11) is 0. The van der Waals surface area contributed by atoms with Crippen LogP contribution < -0.4 is 5.56 Å². The highest BCUT2D eigenvalue weighted by molar-refractivity contribution is 5.70. The number of hydrogen-bond donors (Lipinski definition) is 1. The van der Waals surface area contributed by atoms with Gasteiger partial charge in [-0.3, -0.25) is 9.36 Å². The molecule has 0 aromatic carbocycles. The van der Waals surface area contributed by atoms with E-state index >= 15 is 0 Å². The third kappa shape index (κ3) is 1.10. The van der Waals surface area contributed by atoms with E-state index < -0.39 is 12.3 Å². The molecule has 2 bridgehead atoms. The maximum Gasteiger partial charge on any atom is 0.254 e. The van der Waals surface area contributed by atoms with Gasteiger partial charge in [0.2, 0.25) is 0 Å². The van der Waals surface area contributed by atoms with E-state index in [0.29, 0.717) is 24.1 Å². The van der Waals surface area contributed by atoms with Crippen LogP contribution in [0.2, 0.25) is 0 Å². The summed E-state index contributed by atoms with van der Waals surface area (Å²) in [5.74, 6) is 0. The number of hydrogen-bond acceptors (Lipinski definition) is 5. The molecule has 3 atom stereocenters. The normalized spacial score (nSPS) is 30.8. The summed E-state index contributed by atoms with van der Waals surface area (Å²) in [6, 6.07) is 3.11. The van der Waals surface area contributed by atoms with Crippen LogP contribution in [0.3, 0.4) is 0 Å². The van der Waals surface area contributed by atoms with Gasteiger partial charge in [0.05, 0.1) is 12.6 Å². The highest BCUT2D eigenvalue weighted by Crippen LogP contribution is 2.33. The van der Waals surface area contributed by atoms with Crippen LogP contribution in [0.4, 0.5) is 0 Å². The molecule has 0 aliphatic carbocycles. The van der Waals surface area contributed by atoms with Gasteiger partial charge in [0.25, 0.3) is 5.56 Å². The van der Waals surface area contributed by atoms with E-state index in [9.17, 15) is 9.90 Å². The Morgan fingerprint density at radius 3 is 3.24 bits per heavy atom. The van der Waals surface area contributed by atoms with E-state index in [1.807, 2.05) is 0 Å². The zero-order valence-corrected chi connectivity index (χ0v) is 8.85. The van der Waals surface area contributed by atoms with Gasteiger partial charge in [-0.25, -0.2) is 4.68 Å². The fourth-order valence-corrected chi connectivity index (χ4v) is 2.62. The van der Waals surface area contributed by atoms with Crippen molar-refractivity contribution >= 4 is 11.2 Å². The van der Waals surface area contributed by atoms with E-state index in [4.69, 9.17) is 4.74 Å². The van der Waals surface area contributed by atoms with Crippen LogP contribution in [0, 0.1) is 0 Å². The molecule has 7 nitrogen and oxygen atoms in total. The maximum absolute atomic E-state index is 11.9. The lowest BCUT2D eigenvalue weighted by molar-refractivity contribution is -0.0202. The van der Waals surface area contributed by atoms with Crippen LogP contribution in [-0.4, -0.2) is 36.9 Å². The van der Waals surface area contributed by atoms with Crippen LogP contribution in [0.1, 0.15) is 12.6 Å². The molecule has 1 N–H and O–H groups in total. The minimum absolute atomic E-state index is 0.152. The van der Waals surface area contributed by atoms with Crippen LogP contribution in [0.15, 0.2) is 16.9 Å². The number of fused-ring (bicyclic) bond motifs is 3. The SMILES string of the molecule is O=c1ccc2nnn3c2n1[C@H]1CC(O)C(C3)O1. The minimum atomic E-state index is -0.556. The summed E-state index contributed by atoms with van der Waals surface area (Å²) in [6.07, 6.45) is -0.843. The smallest absolute Gasteiger partial charge is 0.254 e. The van der Waals surface area contributed by atoms with E-state index in [1.165, 1.54) is 10.6 Å². The zero-order chi connectivity index (χ0) is 11.6. The third-order valence-electron chi connectivity index (χ3n) is 3.43. The first-order chi connectivity index (χ1) is 8.24. The first-order valence-electron chi connectivity index (χ1n) is 5.52. The standard InChI is InChI=1S/C10H10N4O3/c15-6-3-9-14-8(16)2-1-5-10(14)13(12-11-5)4-7(6)17-9/h1-2,6-7,9,15H,3-4H2/t6?,7?,9-/m1/s1. The predicted octanol–water partition coefficient (Wildman–Crippen LogP) is -0.745. The van der Waals surface area contributed by atoms with E-state index in [-0.39, 0.29) is 11.7 Å². The van der Waals surface area contributed by atoms with Crippen molar-refractivity contribution in [1.29, 1.82) is 0 Å². The summed E-state index contributed by atoms with van der Waals surface area (Å²) < 4.78 is 8.83. The average Bonchev–Trinajstić information content (AvgIpc) is 2.79. The van der Waals surface area contributed by atoms with Gasteiger partial charge >= 0.3 is 0 Å². The zero-order valence-electron chi connectivity index (χ0n) is 8.85. The number of ether oxygens (including phenoxy) is 1. The lowest BCUT2D eigenvalue weighted by atomic mass is 10.1. The largest absolute Gasteiger partial charge is 0.390 e. The summed E-state index contributed by atoms with van der Waals surface area (Å²) in [4.78, 5) is 11.9. The average molecular weight is 234 g/mol. The molecule has 1 fully saturated rings. The second-order valence-electron chi connectivity index (χ2n) is 4.45. The van der Waals surface area contributed by atoms with Crippen molar-refractivity contribution in [3.8, 4) is 0 Å². The van der Waals surface area contributed by atoms with Crippen molar-refractivity contribution in [2.45, 2.75) is 31.4 Å². The van der Waals surface area contributed by atoms with Crippen LogP contribution >= 0.6 is 0 Å². The summed E-state index contributed by atoms with van der Waals surface area (Å²) in [5, 5.41) is 17.8. The van der Waals surface area contributed by atoms with Crippen molar-refractivity contribution in [1.82, 2.24) is 19.6 Å². The number of aliphatic hydroxyl groups is 1. The second kappa shape index (κ2) is 2.93. The molecule has 0 spiro atoms. The summed E-state index contributed by atoms with van der Waals surface area (Å²) >= 11 is 0. The molecule has 2 unspecified atom stereocenters. The molecule has 2 aliphatic rings. The molecule has 17 heavy (non-hydrogen) atoms. The topological polar surface area (TPSA) is 82.2 Å². The van der Waals surface area contributed by atoms with Crippen molar-refractivity contribution in [2.24, 2.45) is 0 Å². The molecule has 2 aromatic heterocycles. The molecule has 0 saturated carbocycles. The molecule has 2 aromatic rings. The van der Waals surface area contributed by atoms with Crippen molar-refractivity contribution in [2.75, 3.05) is 0 Å². The molecule has 7 heteroatoms. The molecular formula is C10H10N4O3. The van der Waals surface area contributed by atoms with Crippen molar-refractivity contribution in [3.05, 3.63) is 22.5 Å². The van der Waals surface area contributed by atoms with E-state index in [0.717, 1.165) is 0 Å². The lowest BCUT2D eigenvalue weighted by Gasteiger charge is -2.13. The van der Waals surface area contributed by atoms with Crippen LogP contribution in [-0.2, 0) is 11.3 Å². The van der Waals surface area contributed by atoms with Gasteiger partial charge < -0.3 is 9.84 Å². The Bertz CT molecular complexity index is 661. The first kappa shape index (κ1) is 9.32. The Kier molecular flexibility index (Phi) is 1.61. The number of nitrogens with zero attached hydrogens (tertiary/aromatic N) is 4. The first-order valence-corrected chi connectivity index (χ1v) is 5.52. The van der Waals surface area contributed by atoms with Crippen molar-refractivity contribution in [3.63, 3.8) is 0 Å². The minimum Gasteiger partial charge on any atom is -0.390 e. The van der Waals surface area contributed by atoms with Gasteiger partial charge in [-0.1, -0.05) is 5.21 Å². The second-order valence-corrected chi connectivity index (χ2v) is 4.45. The quantitative estimate of drug-likeness (QED) is 0.649. The van der Waals surface area contributed by atoms with Gasteiger partial charge in [-0.05, 0) is 6.07 Å². The lowest BCUT2D eigenvalue weighted by Crippen LogP contribution is -2.28. The molecule has 4 rings (SSSR count).